The van der Waals surface area contributed by atoms with Gasteiger partial charge >= 0.3 is 0 Å². The Morgan fingerprint density at radius 3 is 2.62 bits per heavy atom. The van der Waals surface area contributed by atoms with Crippen LogP contribution in [0.1, 0.15) is 50.8 Å². The summed E-state index contributed by atoms with van der Waals surface area (Å²) in [6.07, 6.45) is 4.38. The normalized spacial score (nSPS) is 14.8. The zero-order valence-electron chi connectivity index (χ0n) is 11.0. The van der Waals surface area contributed by atoms with Crippen molar-refractivity contribution in [3.63, 3.8) is 0 Å². The first-order valence-corrected chi connectivity index (χ1v) is 6.29. The van der Waals surface area contributed by atoms with Gasteiger partial charge in [0.2, 0.25) is 0 Å². The molecule has 1 rings (SSSR count). The van der Waals surface area contributed by atoms with Crippen LogP contribution in [0.25, 0.3) is 0 Å². The molecule has 0 aliphatic heterocycles. The third-order valence-electron chi connectivity index (χ3n) is 2.95. The van der Waals surface area contributed by atoms with Gasteiger partial charge in [-0.2, -0.15) is 0 Å². The van der Waals surface area contributed by atoms with Crippen LogP contribution < -0.4 is 5.32 Å². The van der Waals surface area contributed by atoms with Crippen molar-refractivity contribution >= 4 is 0 Å². The Balaban J connectivity index is 2.45. The van der Waals surface area contributed by atoms with Crippen molar-refractivity contribution in [2.75, 3.05) is 6.54 Å². The van der Waals surface area contributed by atoms with Gasteiger partial charge in [-0.25, -0.2) is 0 Å². The van der Waals surface area contributed by atoms with Crippen LogP contribution in [0.3, 0.4) is 0 Å². The second kappa shape index (κ2) is 6.64. The van der Waals surface area contributed by atoms with Crippen molar-refractivity contribution in [3.05, 3.63) is 29.6 Å². The maximum absolute atomic E-state index is 4.35. The van der Waals surface area contributed by atoms with Gasteiger partial charge in [0.25, 0.3) is 0 Å². The van der Waals surface area contributed by atoms with Crippen molar-refractivity contribution < 1.29 is 0 Å². The van der Waals surface area contributed by atoms with Crippen molar-refractivity contribution in [1.82, 2.24) is 10.3 Å². The Kier molecular flexibility index (Phi) is 5.47. The molecule has 1 N–H and O–H groups in total. The molecule has 90 valence electrons. The van der Waals surface area contributed by atoms with Gasteiger partial charge in [0.1, 0.15) is 0 Å². The van der Waals surface area contributed by atoms with E-state index in [0.717, 1.165) is 12.2 Å². The van der Waals surface area contributed by atoms with Crippen molar-refractivity contribution in [2.24, 2.45) is 0 Å². The summed E-state index contributed by atoms with van der Waals surface area (Å²) >= 11 is 0. The van der Waals surface area contributed by atoms with Gasteiger partial charge in [-0.05, 0) is 50.8 Å². The zero-order chi connectivity index (χ0) is 12.0. The highest BCUT2D eigenvalue weighted by Crippen LogP contribution is 2.19. The average Bonchev–Trinajstić information content (AvgIpc) is 2.27. The molecular formula is C14H24N2. The van der Waals surface area contributed by atoms with Crippen molar-refractivity contribution in [2.45, 2.75) is 52.5 Å². The van der Waals surface area contributed by atoms with Gasteiger partial charge in [-0.3, -0.25) is 4.98 Å². The SMILES string of the molecule is CCCNC(C)CC(C)c1ccc(C)nc1. The summed E-state index contributed by atoms with van der Waals surface area (Å²) in [7, 11) is 0. The lowest BCUT2D eigenvalue weighted by atomic mass is 9.95. The molecule has 0 amide bonds. The highest BCUT2D eigenvalue weighted by atomic mass is 14.9. The quantitative estimate of drug-likeness (QED) is 0.796. The van der Waals surface area contributed by atoms with Crippen LogP contribution >= 0.6 is 0 Å². The lowest BCUT2D eigenvalue weighted by molar-refractivity contribution is 0.478. The highest BCUT2D eigenvalue weighted by molar-refractivity contribution is 5.17. The summed E-state index contributed by atoms with van der Waals surface area (Å²) in [6.45, 7) is 9.87. The van der Waals surface area contributed by atoms with Crippen LogP contribution in [0.5, 0.6) is 0 Å². The smallest absolute Gasteiger partial charge is 0.0372 e. The van der Waals surface area contributed by atoms with Gasteiger partial charge in [-0.15, -0.1) is 0 Å². The molecule has 0 saturated heterocycles. The van der Waals surface area contributed by atoms with E-state index in [1.807, 2.05) is 13.1 Å². The Bertz CT molecular complexity index is 292. The molecule has 2 atom stereocenters. The Morgan fingerprint density at radius 1 is 1.31 bits per heavy atom. The van der Waals surface area contributed by atoms with E-state index in [1.54, 1.807) is 0 Å². The standard InChI is InChI=1S/C14H24N2/c1-5-8-15-13(4)9-11(2)14-7-6-12(3)16-10-14/h6-7,10-11,13,15H,5,8-9H2,1-4H3. The molecule has 0 radical (unpaired) electrons. The van der Waals surface area contributed by atoms with E-state index in [-0.39, 0.29) is 0 Å². The van der Waals surface area contributed by atoms with E-state index in [0.29, 0.717) is 12.0 Å². The van der Waals surface area contributed by atoms with E-state index < -0.39 is 0 Å². The highest BCUT2D eigenvalue weighted by Gasteiger charge is 2.10. The van der Waals surface area contributed by atoms with Gasteiger partial charge in [-0.1, -0.05) is 19.9 Å². The molecule has 1 aromatic rings. The molecule has 2 heteroatoms. The molecule has 1 heterocycles. The Hall–Kier alpha value is -0.890. The van der Waals surface area contributed by atoms with Gasteiger partial charge in [0.05, 0.1) is 0 Å². The lowest BCUT2D eigenvalue weighted by Crippen LogP contribution is -2.28. The van der Waals surface area contributed by atoms with Crippen LogP contribution in [0.2, 0.25) is 0 Å². The molecule has 0 spiro atoms. The Morgan fingerprint density at radius 2 is 2.06 bits per heavy atom. The van der Waals surface area contributed by atoms with Crippen molar-refractivity contribution in [1.29, 1.82) is 0 Å². The summed E-state index contributed by atoms with van der Waals surface area (Å²) in [4.78, 5) is 4.35. The molecule has 2 unspecified atom stereocenters. The van der Waals surface area contributed by atoms with Gasteiger partial charge in [0, 0.05) is 17.9 Å². The summed E-state index contributed by atoms with van der Waals surface area (Å²) in [5.41, 5.74) is 2.43. The summed E-state index contributed by atoms with van der Waals surface area (Å²) in [5.74, 6) is 0.576. The molecule has 0 aliphatic carbocycles. The number of rotatable bonds is 6. The second-order valence-electron chi connectivity index (χ2n) is 4.72. The van der Waals surface area contributed by atoms with Crippen molar-refractivity contribution in [3.8, 4) is 0 Å². The number of hydrogen-bond acceptors (Lipinski definition) is 2. The fourth-order valence-corrected chi connectivity index (χ4v) is 1.91. The molecule has 2 nitrogen and oxygen atoms in total. The molecule has 16 heavy (non-hydrogen) atoms. The molecule has 0 bridgehead atoms. The molecule has 0 saturated carbocycles. The monoisotopic (exact) mass is 220 g/mol. The van der Waals surface area contributed by atoms with E-state index in [9.17, 15) is 0 Å². The lowest BCUT2D eigenvalue weighted by Gasteiger charge is -2.18. The molecule has 0 aromatic carbocycles. The number of pyridine rings is 1. The third kappa shape index (κ3) is 4.31. The van der Waals surface area contributed by atoms with Crippen LogP contribution in [-0.4, -0.2) is 17.6 Å². The minimum absolute atomic E-state index is 0.576. The predicted octanol–water partition coefficient (Wildman–Crippen LogP) is 3.27. The minimum Gasteiger partial charge on any atom is -0.314 e. The van der Waals surface area contributed by atoms with Crippen LogP contribution in [0.4, 0.5) is 0 Å². The topological polar surface area (TPSA) is 24.9 Å². The van der Waals surface area contributed by atoms with E-state index in [1.165, 1.54) is 18.4 Å². The van der Waals surface area contributed by atoms with Crippen LogP contribution in [0.15, 0.2) is 18.3 Å². The summed E-state index contributed by atoms with van der Waals surface area (Å²) in [6, 6.07) is 4.87. The zero-order valence-corrected chi connectivity index (χ0v) is 11.0. The average molecular weight is 220 g/mol. The number of aromatic nitrogens is 1. The number of nitrogens with one attached hydrogen (secondary N) is 1. The predicted molar refractivity (Wildman–Crippen MR) is 69.8 cm³/mol. The number of hydrogen-bond donors (Lipinski definition) is 1. The second-order valence-corrected chi connectivity index (χ2v) is 4.72. The summed E-state index contributed by atoms with van der Waals surface area (Å²) in [5, 5.41) is 3.52. The van der Waals surface area contributed by atoms with Crippen LogP contribution in [-0.2, 0) is 0 Å². The van der Waals surface area contributed by atoms with Crippen LogP contribution in [0, 0.1) is 6.92 Å². The van der Waals surface area contributed by atoms with Gasteiger partial charge < -0.3 is 5.32 Å². The first-order chi connectivity index (χ1) is 7.63. The van der Waals surface area contributed by atoms with E-state index in [4.69, 9.17) is 0 Å². The first kappa shape index (κ1) is 13.2. The summed E-state index contributed by atoms with van der Waals surface area (Å²) < 4.78 is 0. The molecular weight excluding hydrogens is 196 g/mol. The molecule has 0 fully saturated rings. The first-order valence-electron chi connectivity index (χ1n) is 6.29. The minimum atomic E-state index is 0.576. The Labute approximate surface area is 99.5 Å². The van der Waals surface area contributed by atoms with Gasteiger partial charge in [0.15, 0.2) is 0 Å². The largest absolute Gasteiger partial charge is 0.314 e. The maximum Gasteiger partial charge on any atom is 0.0372 e. The van der Waals surface area contributed by atoms with E-state index >= 15 is 0 Å². The molecule has 1 aromatic heterocycles. The maximum atomic E-state index is 4.35. The molecule has 0 aliphatic rings. The fraction of sp³-hybridized carbons (Fsp3) is 0.643. The third-order valence-corrected chi connectivity index (χ3v) is 2.95. The fourth-order valence-electron chi connectivity index (χ4n) is 1.91. The number of aryl methyl sites for hydroxylation is 1. The number of nitrogens with zero attached hydrogens (tertiary/aromatic N) is 1. The van der Waals surface area contributed by atoms with E-state index in [2.05, 4.69) is 43.2 Å².